The summed E-state index contributed by atoms with van der Waals surface area (Å²) in [6.07, 6.45) is 0.210. The van der Waals surface area contributed by atoms with Crippen molar-refractivity contribution in [2.75, 3.05) is 5.32 Å². The molecule has 1 aliphatic carbocycles. The van der Waals surface area contributed by atoms with Gasteiger partial charge < -0.3 is 9.84 Å². The average molecular weight is 256 g/mol. The SMILES string of the molecule is Cc1cc(NC(=O)[C@H]2CC(=O)c3ccccc32)no1. The Kier molecular flexibility index (Phi) is 2.67. The summed E-state index contributed by atoms with van der Waals surface area (Å²) in [6, 6.07) is 8.85. The Morgan fingerprint density at radius 3 is 2.95 bits per heavy atom. The third-order valence-electron chi connectivity index (χ3n) is 3.22. The maximum atomic E-state index is 12.2. The van der Waals surface area contributed by atoms with Gasteiger partial charge in [0, 0.05) is 18.1 Å². The first-order valence-corrected chi connectivity index (χ1v) is 6.01. The van der Waals surface area contributed by atoms with Crippen LogP contribution in [0.5, 0.6) is 0 Å². The predicted octanol–water partition coefficient (Wildman–Crippen LogP) is 2.29. The smallest absolute Gasteiger partial charge is 0.233 e. The zero-order chi connectivity index (χ0) is 13.4. The Bertz CT molecular complexity index is 660. The fourth-order valence-electron chi connectivity index (χ4n) is 2.33. The molecule has 0 unspecified atom stereocenters. The van der Waals surface area contributed by atoms with Gasteiger partial charge in [-0.05, 0) is 12.5 Å². The molecular weight excluding hydrogens is 244 g/mol. The summed E-state index contributed by atoms with van der Waals surface area (Å²) in [7, 11) is 0. The second-order valence-electron chi connectivity index (χ2n) is 4.58. The Morgan fingerprint density at radius 1 is 1.42 bits per heavy atom. The molecule has 5 nitrogen and oxygen atoms in total. The molecule has 1 N–H and O–H groups in total. The lowest BCUT2D eigenvalue weighted by atomic mass is 10.0. The monoisotopic (exact) mass is 256 g/mol. The van der Waals surface area contributed by atoms with E-state index in [4.69, 9.17) is 4.52 Å². The van der Waals surface area contributed by atoms with Crippen molar-refractivity contribution >= 4 is 17.5 Å². The maximum Gasteiger partial charge on any atom is 0.233 e. The van der Waals surface area contributed by atoms with Gasteiger partial charge in [-0.2, -0.15) is 0 Å². The van der Waals surface area contributed by atoms with Gasteiger partial charge in [0.25, 0.3) is 0 Å². The normalized spacial score (nSPS) is 17.3. The molecule has 19 heavy (non-hydrogen) atoms. The molecular formula is C14H12N2O3. The van der Waals surface area contributed by atoms with E-state index < -0.39 is 5.92 Å². The van der Waals surface area contributed by atoms with Gasteiger partial charge in [-0.1, -0.05) is 29.4 Å². The van der Waals surface area contributed by atoms with Crippen molar-refractivity contribution in [2.24, 2.45) is 0 Å². The van der Waals surface area contributed by atoms with Crippen molar-refractivity contribution < 1.29 is 14.1 Å². The molecule has 0 saturated carbocycles. The van der Waals surface area contributed by atoms with E-state index in [1.54, 1.807) is 25.1 Å². The zero-order valence-electron chi connectivity index (χ0n) is 10.3. The van der Waals surface area contributed by atoms with Crippen LogP contribution in [0.4, 0.5) is 5.82 Å². The molecule has 0 radical (unpaired) electrons. The highest BCUT2D eigenvalue weighted by Crippen LogP contribution is 2.33. The van der Waals surface area contributed by atoms with E-state index in [0.29, 0.717) is 17.1 Å². The van der Waals surface area contributed by atoms with Crippen LogP contribution in [0.25, 0.3) is 0 Å². The van der Waals surface area contributed by atoms with Crippen molar-refractivity contribution in [3.63, 3.8) is 0 Å². The van der Waals surface area contributed by atoms with Crippen molar-refractivity contribution in [3.8, 4) is 0 Å². The van der Waals surface area contributed by atoms with Crippen LogP contribution in [-0.2, 0) is 4.79 Å². The molecule has 5 heteroatoms. The molecule has 1 heterocycles. The van der Waals surface area contributed by atoms with E-state index in [1.807, 2.05) is 12.1 Å². The summed E-state index contributed by atoms with van der Waals surface area (Å²) in [6.45, 7) is 1.75. The highest BCUT2D eigenvalue weighted by Gasteiger charge is 2.34. The number of ketones is 1. The van der Waals surface area contributed by atoms with Crippen LogP contribution in [0.3, 0.4) is 0 Å². The molecule has 3 rings (SSSR count). The minimum Gasteiger partial charge on any atom is -0.360 e. The summed E-state index contributed by atoms with van der Waals surface area (Å²) in [5.74, 6) is 0.330. The molecule has 0 saturated heterocycles. The summed E-state index contributed by atoms with van der Waals surface area (Å²) in [5.41, 5.74) is 1.42. The van der Waals surface area contributed by atoms with Crippen LogP contribution < -0.4 is 5.32 Å². The van der Waals surface area contributed by atoms with Crippen molar-refractivity contribution in [3.05, 3.63) is 47.2 Å². The quantitative estimate of drug-likeness (QED) is 0.894. The van der Waals surface area contributed by atoms with Gasteiger partial charge in [0.15, 0.2) is 11.6 Å². The lowest BCUT2D eigenvalue weighted by Crippen LogP contribution is -2.19. The number of amides is 1. The Labute approximate surface area is 109 Å². The number of nitrogens with zero attached hydrogens (tertiary/aromatic N) is 1. The molecule has 0 aliphatic heterocycles. The molecule has 1 amide bonds. The fourth-order valence-corrected chi connectivity index (χ4v) is 2.33. The number of carbonyl (C=O) groups is 2. The van der Waals surface area contributed by atoms with Crippen LogP contribution in [0.1, 0.15) is 34.0 Å². The Hall–Kier alpha value is -2.43. The minimum atomic E-state index is -0.444. The van der Waals surface area contributed by atoms with Crippen LogP contribution in [0.2, 0.25) is 0 Å². The molecule has 96 valence electrons. The second kappa shape index (κ2) is 4.35. The third-order valence-corrected chi connectivity index (χ3v) is 3.22. The van der Waals surface area contributed by atoms with E-state index in [1.165, 1.54) is 0 Å². The minimum absolute atomic E-state index is 0.00656. The van der Waals surface area contributed by atoms with Crippen LogP contribution in [-0.4, -0.2) is 16.8 Å². The molecule has 0 fully saturated rings. The predicted molar refractivity (Wildman–Crippen MR) is 68.0 cm³/mol. The highest BCUT2D eigenvalue weighted by atomic mass is 16.5. The Morgan fingerprint density at radius 2 is 2.21 bits per heavy atom. The molecule has 1 atom stereocenters. The highest BCUT2D eigenvalue weighted by molar-refractivity contribution is 6.09. The molecule has 0 spiro atoms. The average Bonchev–Trinajstić information content (AvgIpc) is 2.95. The van der Waals surface area contributed by atoms with E-state index in [0.717, 1.165) is 5.56 Å². The third kappa shape index (κ3) is 2.03. The van der Waals surface area contributed by atoms with E-state index >= 15 is 0 Å². The summed E-state index contributed by atoms with van der Waals surface area (Å²) in [5, 5.41) is 6.38. The first kappa shape index (κ1) is 11.6. The number of aryl methyl sites for hydroxylation is 1. The van der Waals surface area contributed by atoms with Crippen LogP contribution in [0, 0.1) is 6.92 Å². The van der Waals surface area contributed by atoms with E-state index in [9.17, 15) is 9.59 Å². The van der Waals surface area contributed by atoms with Gasteiger partial charge >= 0.3 is 0 Å². The number of aromatic nitrogens is 1. The molecule has 1 aromatic carbocycles. The van der Waals surface area contributed by atoms with E-state index in [2.05, 4.69) is 10.5 Å². The van der Waals surface area contributed by atoms with Gasteiger partial charge in [0.1, 0.15) is 5.76 Å². The molecule has 1 aliphatic rings. The number of carbonyl (C=O) groups excluding carboxylic acids is 2. The topological polar surface area (TPSA) is 72.2 Å². The first-order chi connectivity index (χ1) is 9.15. The number of nitrogens with one attached hydrogen (secondary N) is 1. The number of fused-ring (bicyclic) bond motifs is 1. The molecule has 1 aromatic heterocycles. The summed E-state index contributed by atoms with van der Waals surface area (Å²) in [4.78, 5) is 24.0. The van der Waals surface area contributed by atoms with E-state index in [-0.39, 0.29) is 18.1 Å². The first-order valence-electron chi connectivity index (χ1n) is 6.01. The number of hydrogen-bond acceptors (Lipinski definition) is 4. The number of anilines is 1. The molecule has 0 bridgehead atoms. The van der Waals surface area contributed by atoms with Gasteiger partial charge in [-0.3, -0.25) is 9.59 Å². The van der Waals surface area contributed by atoms with Crippen molar-refractivity contribution in [1.29, 1.82) is 0 Å². The molecule has 2 aromatic rings. The lowest BCUT2D eigenvalue weighted by Gasteiger charge is -2.09. The summed E-state index contributed by atoms with van der Waals surface area (Å²) < 4.78 is 4.89. The van der Waals surface area contributed by atoms with Gasteiger partial charge in [-0.15, -0.1) is 0 Å². The Balaban J connectivity index is 1.84. The van der Waals surface area contributed by atoms with Crippen LogP contribution in [0.15, 0.2) is 34.9 Å². The number of benzene rings is 1. The fraction of sp³-hybridized carbons (Fsp3) is 0.214. The second-order valence-corrected chi connectivity index (χ2v) is 4.58. The lowest BCUT2D eigenvalue weighted by molar-refractivity contribution is -0.117. The van der Waals surface area contributed by atoms with Crippen molar-refractivity contribution in [1.82, 2.24) is 5.16 Å². The summed E-state index contributed by atoms with van der Waals surface area (Å²) >= 11 is 0. The number of rotatable bonds is 2. The number of hydrogen-bond donors (Lipinski definition) is 1. The zero-order valence-corrected chi connectivity index (χ0v) is 10.3. The standard InChI is InChI=1S/C14H12N2O3/c1-8-6-13(16-19-8)15-14(18)11-7-12(17)10-5-3-2-4-9(10)11/h2-6,11H,7H2,1H3,(H,15,16,18)/t11-/m0/s1. The van der Waals surface area contributed by atoms with Gasteiger partial charge in [0.05, 0.1) is 5.92 Å². The van der Waals surface area contributed by atoms with Crippen molar-refractivity contribution in [2.45, 2.75) is 19.3 Å². The van der Waals surface area contributed by atoms with Gasteiger partial charge in [-0.25, -0.2) is 0 Å². The number of Topliss-reactive ketones (excluding diaryl/α,β-unsaturated/α-hetero) is 1. The largest absolute Gasteiger partial charge is 0.360 e. The van der Waals surface area contributed by atoms with Crippen LogP contribution >= 0.6 is 0 Å². The maximum absolute atomic E-state index is 12.2. The van der Waals surface area contributed by atoms with Gasteiger partial charge in [0.2, 0.25) is 5.91 Å².